The fraction of sp³-hybridized carbons (Fsp3) is 0.200. The van der Waals surface area contributed by atoms with Crippen LogP contribution in [0.25, 0.3) is 21.3 Å². The lowest BCUT2D eigenvalue weighted by Gasteiger charge is -2.26. The molecular weight excluding hydrogens is 381 g/mol. The van der Waals surface area contributed by atoms with E-state index < -0.39 is 0 Å². The Balaban J connectivity index is 1.46. The number of fused-ring (bicyclic) bond motifs is 2. The number of thiophene rings is 2. The first kappa shape index (κ1) is 16.8. The SMILES string of the molecule is O=c1[nH]c(CN2CCc3sccc3C2)nc2scc(-c3ccc(F)cc3)c12. The highest BCUT2D eigenvalue weighted by Gasteiger charge is 2.19. The third-order valence-electron chi connectivity index (χ3n) is 4.91. The van der Waals surface area contributed by atoms with Crippen LogP contribution in [0.3, 0.4) is 0 Å². The summed E-state index contributed by atoms with van der Waals surface area (Å²) in [5.74, 6) is 0.404. The third kappa shape index (κ3) is 3.12. The van der Waals surface area contributed by atoms with Crippen LogP contribution in [-0.4, -0.2) is 21.4 Å². The van der Waals surface area contributed by atoms with E-state index in [4.69, 9.17) is 0 Å². The summed E-state index contributed by atoms with van der Waals surface area (Å²) < 4.78 is 13.2. The van der Waals surface area contributed by atoms with Crippen molar-refractivity contribution in [2.75, 3.05) is 6.54 Å². The zero-order valence-corrected chi connectivity index (χ0v) is 16.0. The minimum atomic E-state index is -0.289. The van der Waals surface area contributed by atoms with E-state index in [9.17, 15) is 9.18 Å². The monoisotopic (exact) mass is 397 g/mol. The van der Waals surface area contributed by atoms with Crippen molar-refractivity contribution in [1.82, 2.24) is 14.9 Å². The van der Waals surface area contributed by atoms with Crippen molar-refractivity contribution in [1.29, 1.82) is 0 Å². The standard InChI is InChI=1S/C20H16FN3OS2/c21-14-3-1-12(2-4-14)15-11-27-20-18(15)19(25)22-17(23-20)10-24-7-5-16-13(9-24)6-8-26-16/h1-4,6,8,11H,5,7,9-10H2,(H,22,23,25). The van der Waals surface area contributed by atoms with Gasteiger partial charge >= 0.3 is 0 Å². The van der Waals surface area contributed by atoms with Crippen molar-refractivity contribution in [3.63, 3.8) is 0 Å². The molecule has 0 saturated heterocycles. The van der Waals surface area contributed by atoms with Crippen molar-refractivity contribution in [2.45, 2.75) is 19.5 Å². The maximum atomic E-state index is 13.2. The molecular formula is C20H16FN3OS2. The van der Waals surface area contributed by atoms with Crippen LogP contribution in [0.5, 0.6) is 0 Å². The van der Waals surface area contributed by atoms with Crippen molar-refractivity contribution < 1.29 is 4.39 Å². The number of nitrogens with one attached hydrogen (secondary N) is 1. The Kier molecular flexibility index (Phi) is 4.15. The number of rotatable bonds is 3. The number of nitrogens with zero attached hydrogens (tertiary/aromatic N) is 2. The lowest BCUT2D eigenvalue weighted by Crippen LogP contribution is -2.30. The first-order valence-corrected chi connectivity index (χ1v) is 10.5. The molecule has 0 amide bonds. The van der Waals surface area contributed by atoms with Gasteiger partial charge in [-0.15, -0.1) is 22.7 Å². The molecule has 4 nitrogen and oxygen atoms in total. The predicted molar refractivity (Wildman–Crippen MR) is 108 cm³/mol. The summed E-state index contributed by atoms with van der Waals surface area (Å²) in [6, 6.07) is 8.38. The molecule has 1 aliphatic heterocycles. The highest BCUT2D eigenvalue weighted by Crippen LogP contribution is 2.31. The molecule has 3 aromatic heterocycles. The second-order valence-corrected chi connectivity index (χ2v) is 8.54. The number of hydrogen-bond donors (Lipinski definition) is 1. The molecule has 1 N–H and O–H groups in total. The molecule has 0 fully saturated rings. The Hall–Kier alpha value is -2.35. The van der Waals surface area contributed by atoms with Crippen LogP contribution < -0.4 is 5.56 Å². The Morgan fingerprint density at radius 2 is 2.04 bits per heavy atom. The maximum absolute atomic E-state index is 13.2. The van der Waals surface area contributed by atoms with E-state index in [2.05, 4.69) is 26.3 Å². The number of aromatic amines is 1. The van der Waals surface area contributed by atoms with Gasteiger partial charge in [0.2, 0.25) is 0 Å². The first-order valence-electron chi connectivity index (χ1n) is 8.71. The molecule has 0 atom stereocenters. The number of halogens is 1. The Morgan fingerprint density at radius 1 is 1.19 bits per heavy atom. The second kappa shape index (κ2) is 6.67. The predicted octanol–water partition coefficient (Wildman–Crippen LogP) is 4.41. The molecule has 136 valence electrons. The van der Waals surface area contributed by atoms with E-state index in [1.165, 1.54) is 33.9 Å². The average Bonchev–Trinajstić information content (AvgIpc) is 3.29. The first-order chi connectivity index (χ1) is 13.2. The highest BCUT2D eigenvalue weighted by molar-refractivity contribution is 7.17. The fourth-order valence-electron chi connectivity index (χ4n) is 3.56. The normalized spacial score (nSPS) is 14.6. The fourth-order valence-corrected chi connectivity index (χ4v) is 5.42. The van der Waals surface area contributed by atoms with Gasteiger partial charge in [0.05, 0.1) is 11.9 Å². The van der Waals surface area contributed by atoms with Gasteiger partial charge in [-0.1, -0.05) is 12.1 Å². The van der Waals surface area contributed by atoms with Gasteiger partial charge in [-0.3, -0.25) is 9.69 Å². The molecule has 4 aromatic rings. The molecule has 0 radical (unpaired) electrons. The minimum Gasteiger partial charge on any atom is -0.309 e. The van der Waals surface area contributed by atoms with Gasteiger partial charge in [-0.2, -0.15) is 0 Å². The van der Waals surface area contributed by atoms with E-state index in [0.29, 0.717) is 17.8 Å². The molecule has 0 spiro atoms. The van der Waals surface area contributed by atoms with E-state index in [1.54, 1.807) is 12.1 Å². The molecule has 0 aliphatic carbocycles. The van der Waals surface area contributed by atoms with Gasteiger partial charge in [0, 0.05) is 28.9 Å². The summed E-state index contributed by atoms with van der Waals surface area (Å²) in [6.45, 7) is 2.50. The van der Waals surface area contributed by atoms with E-state index in [-0.39, 0.29) is 11.4 Å². The molecule has 0 saturated carbocycles. The molecule has 1 aliphatic rings. The Morgan fingerprint density at radius 3 is 2.89 bits per heavy atom. The van der Waals surface area contributed by atoms with Crippen LogP contribution in [0.15, 0.2) is 45.9 Å². The zero-order chi connectivity index (χ0) is 18.4. The van der Waals surface area contributed by atoms with Gasteiger partial charge in [-0.25, -0.2) is 9.37 Å². The van der Waals surface area contributed by atoms with Gasteiger partial charge in [0.1, 0.15) is 16.5 Å². The second-order valence-electron chi connectivity index (χ2n) is 6.68. The topological polar surface area (TPSA) is 49.0 Å². The molecule has 4 heterocycles. The third-order valence-corrected chi connectivity index (χ3v) is 6.80. The number of benzene rings is 1. The van der Waals surface area contributed by atoms with Crippen molar-refractivity contribution >= 4 is 32.9 Å². The van der Waals surface area contributed by atoms with Crippen LogP contribution in [-0.2, 0) is 19.5 Å². The van der Waals surface area contributed by atoms with Gasteiger partial charge in [0.15, 0.2) is 0 Å². The minimum absolute atomic E-state index is 0.135. The number of H-pyrrole nitrogens is 1. The molecule has 0 bridgehead atoms. The van der Waals surface area contributed by atoms with E-state index >= 15 is 0 Å². The number of hydrogen-bond acceptors (Lipinski definition) is 5. The molecule has 0 unspecified atom stereocenters. The van der Waals surface area contributed by atoms with Gasteiger partial charge in [0.25, 0.3) is 5.56 Å². The summed E-state index contributed by atoms with van der Waals surface area (Å²) >= 11 is 3.27. The Bertz CT molecular complexity index is 1180. The molecule has 27 heavy (non-hydrogen) atoms. The van der Waals surface area contributed by atoms with Crippen molar-refractivity contribution in [2.24, 2.45) is 0 Å². The van der Waals surface area contributed by atoms with Crippen LogP contribution in [0.4, 0.5) is 4.39 Å². The van der Waals surface area contributed by atoms with Crippen molar-refractivity contribution in [3.8, 4) is 11.1 Å². The smallest absolute Gasteiger partial charge is 0.260 e. The quantitative estimate of drug-likeness (QED) is 0.557. The molecule has 1 aromatic carbocycles. The van der Waals surface area contributed by atoms with Gasteiger partial charge < -0.3 is 4.98 Å². The molecule has 5 rings (SSSR count). The van der Waals surface area contributed by atoms with Crippen LogP contribution in [0, 0.1) is 5.82 Å². The van der Waals surface area contributed by atoms with Crippen molar-refractivity contribution in [3.05, 3.63) is 73.5 Å². The Labute approximate surface area is 162 Å². The largest absolute Gasteiger partial charge is 0.309 e. The summed E-state index contributed by atoms with van der Waals surface area (Å²) in [4.78, 5) is 24.9. The van der Waals surface area contributed by atoms with E-state index in [0.717, 1.165) is 35.5 Å². The highest BCUT2D eigenvalue weighted by atomic mass is 32.1. The average molecular weight is 398 g/mol. The van der Waals surface area contributed by atoms with E-state index in [1.807, 2.05) is 16.7 Å². The summed E-state index contributed by atoms with van der Waals surface area (Å²) in [7, 11) is 0. The number of aromatic nitrogens is 2. The summed E-state index contributed by atoms with van der Waals surface area (Å²) in [6.07, 6.45) is 1.05. The maximum Gasteiger partial charge on any atom is 0.260 e. The zero-order valence-electron chi connectivity index (χ0n) is 14.4. The summed E-state index contributed by atoms with van der Waals surface area (Å²) in [5, 5.41) is 4.64. The van der Waals surface area contributed by atoms with Crippen LogP contribution in [0.2, 0.25) is 0 Å². The van der Waals surface area contributed by atoms with Crippen LogP contribution in [0.1, 0.15) is 16.3 Å². The lowest BCUT2D eigenvalue weighted by molar-refractivity contribution is 0.241. The van der Waals surface area contributed by atoms with Crippen LogP contribution >= 0.6 is 22.7 Å². The van der Waals surface area contributed by atoms with Gasteiger partial charge in [-0.05, 0) is 41.1 Å². The lowest BCUT2D eigenvalue weighted by atomic mass is 10.1. The molecule has 7 heteroatoms. The summed E-state index contributed by atoms with van der Waals surface area (Å²) in [5.41, 5.74) is 2.87.